The molecule has 1 unspecified atom stereocenters. The first-order valence-corrected chi connectivity index (χ1v) is 7.98. The summed E-state index contributed by atoms with van der Waals surface area (Å²) in [5.74, 6) is 0.712. The Morgan fingerprint density at radius 1 is 1.58 bits per heavy atom. The minimum atomic E-state index is 0.0308. The van der Waals surface area contributed by atoms with Gasteiger partial charge < -0.3 is 10.2 Å². The largest absolute Gasteiger partial charge is 0.347 e. The van der Waals surface area contributed by atoms with Crippen LogP contribution in [0.4, 0.5) is 0 Å². The normalized spacial score (nSPS) is 19.3. The second-order valence-corrected chi connectivity index (χ2v) is 6.17. The molecule has 1 saturated heterocycles. The molecule has 1 aliphatic rings. The zero-order valence-electron chi connectivity index (χ0n) is 11.8. The molecule has 19 heavy (non-hydrogen) atoms. The Labute approximate surface area is 119 Å². The number of aromatic nitrogens is 1. The molecule has 2 heterocycles. The summed E-state index contributed by atoms with van der Waals surface area (Å²) in [6, 6.07) is 0.0308. The first-order chi connectivity index (χ1) is 9.19. The predicted molar refractivity (Wildman–Crippen MR) is 78.1 cm³/mol. The van der Waals surface area contributed by atoms with Crippen molar-refractivity contribution in [2.24, 2.45) is 5.92 Å². The first kappa shape index (κ1) is 14.5. The van der Waals surface area contributed by atoms with Crippen LogP contribution in [0.5, 0.6) is 0 Å². The Balaban J connectivity index is 1.73. The fourth-order valence-corrected chi connectivity index (χ4v) is 3.23. The summed E-state index contributed by atoms with van der Waals surface area (Å²) in [4.78, 5) is 18.7. The maximum Gasteiger partial charge on any atom is 0.220 e. The lowest BCUT2D eigenvalue weighted by atomic mass is 9.93. The number of hydrogen-bond acceptors (Lipinski definition) is 4. The van der Waals surface area contributed by atoms with E-state index in [1.54, 1.807) is 17.5 Å². The number of likely N-dealkylation sites (tertiary alicyclic amines) is 1. The minimum Gasteiger partial charge on any atom is -0.347 e. The summed E-state index contributed by atoms with van der Waals surface area (Å²) >= 11 is 1.59. The molecule has 1 aliphatic heterocycles. The van der Waals surface area contributed by atoms with E-state index in [2.05, 4.69) is 22.1 Å². The summed E-state index contributed by atoms with van der Waals surface area (Å²) in [6.45, 7) is 7.59. The van der Waals surface area contributed by atoms with Crippen LogP contribution in [-0.2, 0) is 4.79 Å². The highest BCUT2D eigenvalue weighted by Crippen LogP contribution is 2.21. The number of rotatable bonds is 5. The minimum absolute atomic E-state index is 0.0308. The van der Waals surface area contributed by atoms with Crippen molar-refractivity contribution in [3.8, 4) is 0 Å². The second-order valence-electron chi connectivity index (χ2n) is 5.24. The van der Waals surface area contributed by atoms with Gasteiger partial charge in [0.2, 0.25) is 5.91 Å². The van der Waals surface area contributed by atoms with Gasteiger partial charge in [0, 0.05) is 18.0 Å². The highest BCUT2D eigenvalue weighted by Gasteiger charge is 2.21. The molecule has 1 aromatic rings. The molecule has 1 atom stereocenters. The highest BCUT2D eigenvalue weighted by atomic mass is 32.1. The average molecular weight is 281 g/mol. The Bertz CT molecular complexity index is 385. The third-order valence-corrected chi connectivity index (χ3v) is 4.79. The Morgan fingerprint density at radius 2 is 2.32 bits per heavy atom. The van der Waals surface area contributed by atoms with Crippen LogP contribution in [0.25, 0.3) is 0 Å². The smallest absolute Gasteiger partial charge is 0.220 e. The van der Waals surface area contributed by atoms with Crippen LogP contribution >= 0.6 is 11.3 Å². The molecule has 1 fully saturated rings. The van der Waals surface area contributed by atoms with Crippen LogP contribution in [0.1, 0.15) is 44.2 Å². The zero-order chi connectivity index (χ0) is 13.7. The van der Waals surface area contributed by atoms with Gasteiger partial charge in [-0.1, -0.05) is 6.92 Å². The van der Waals surface area contributed by atoms with E-state index in [4.69, 9.17) is 0 Å². The van der Waals surface area contributed by atoms with Gasteiger partial charge in [-0.3, -0.25) is 4.79 Å². The molecule has 5 heteroatoms. The van der Waals surface area contributed by atoms with Crippen LogP contribution in [-0.4, -0.2) is 35.4 Å². The topological polar surface area (TPSA) is 45.2 Å². The monoisotopic (exact) mass is 281 g/mol. The second kappa shape index (κ2) is 7.01. The van der Waals surface area contributed by atoms with Crippen molar-refractivity contribution in [2.75, 3.05) is 19.6 Å². The van der Waals surface area contributed by atoms with Crippen LogP contribution in [0.2, 0.25) is 0 Å². The van der Waals surface area contributed by atoms with E-state index in [1.165, 1.54) is 0 Å². The van der Waals surface area contributed by atoms with Crippen molar-refractivity contribution in [2.45, 2.75) is 39.2 Å². The fraction of sp³-hybridized carbons (Fsp3) is 0.714. The van der Waals surface area contributed by atoms with Crippen molar-refractivity contribution in [1.82, 2.24) is 15.2 Å². The van der Waals surface area contributed by atoms with Crippen molar-refractivity contribution < 1.29 is 4.79 Å². The fourth-order valence-electron chi connectivity index (χ4n) is 2.58. The molecule has 1 amide bonds. The number of piperidine rings is 1. The number of nitrogens with one attached hydrogen (secondary N) is 1. The lowest BCUT2D eigenvalue weighted by Gasteiger charge is -2.30. The molecule has 1 aromatic heterocycles. The summed E-state index contributed by atoms with van der Waals surface area (Å²) in [7, 11) is 0. The van der Waals surface area contributed by atoms with E-state index < -0.39 is 0 Å². The predicted octanol–water partition coefficient (Wildman–Crippen LogP) is 2.44. The van der Waals surface area contributed by atoms with Crippen molar-refractivity contribution in [3.05, 3.63) is 16.6 Å². The maximum atomic E-state index is 12.0. The van der Waals surface area contributed by atoms with Crippen LogP contribution in [0.15, 0.2) is 11.6 Å². The number of amides is 1. The third-order valence-electron chi connectivity index (χ3n) is 3.83. The van der Waals surface area contributed by atoms with E-state index in [-0.39, 0.29) is 11.9 Å². The molecule has 0 bridgehead atoms. The Morgan fingerprint density at radius 3 is 2.89 bits per heavy atom. The molecule has 0 aromatic carbocycles. The van der Waals surface area contributed by atoms with Crippen LogP contribution in [0, 0.1) is 5.92 Å². The van der Waals surface area contributed by atoms with Gasteiger partial charge in [-0.25, -0.2) is 4.98 Å². The van der Waals surface area contributed by atoms with E-state index in [0.717, 1.165) is 37.5 Å². The number of thiazole rings is 1. The zero-order valence-corrected chi connectivity index (χ0v) is 12.6. The Hall–Kier alpha value is -0.940. The molecule has 2 rings (SSSR count). The molecule has 0 aliphatic carbocycles. The number of nitrogens with zero attached hydrogens (tertiary/aromatic N) is 2. The van der Waals surface area contributed by atoms with Gasteiger partial charge >= 0.3 is 0 Å². The van der Waals surface area contributed by atoms with Gasteiger partial charge in [0.05, 0.1) is 6.04 Å². The summed E-state index contributed by atoms with van der Waals surface area (Å²) in [5, 5.41) is 5.97. The molecule has 0 spiro atoms. The molecular weight excluding hydrogens is 258 g/mol. The van der Waals surface area contributed by atoms with Gasteiger partial charge in [0.15, 0.2) is 0 Å². The molecule has 106 valence electrons. The lowest BCUT2D eigenvalue weighted by molar-refractivity contribution is -0.123. The highest BCUT2D eigenvalue weighted by molar-refractivity contribution is 7.09. The third kappa shape index (κ3) is 4.28. The van der Waals surface area contributed by atoms with Crippen LogP contribution < -0.4 is 5.32 Å². The van der Waals surface area contributed by atoms with E-state index in [1.807, 2.05) is 12.3 Å². The number of carbonyl (C=O) groups is 1. The van der Waals surface area contributed by atoms with E-state index >= 15 is 0 Å². The lowest BCUT2D eigenvalue weighted by Crippen LogP contribution is -2.36. The molecule has 1 N–H and O–H groups in total. The van der Waals surface area contributed by atoms with Gasteiger partial charge in [0.25, 0.3) is 0 Å². The number of carbonyl (C=O) groups excluding carboxylic acids is 1. The summed E-state index contributed by atoms with van der Waals surface area (Å²) in [5.41, 5.74) is 0. The van der Waals surface area contributed by atoms with E-state index in [0.29, 0.717) is 12.3 Å². The van der Waals surface area contributed by atoms with Crippen LogP contribution in [0.3, 0.4) is 0 Å². The quantitative estimate of drug-likeness (QED) is 0.901. The van der Waals surface area contributed by atoms with Crippen molar-refractivity contribution >= 4 is 17.2 Å². The maximum absolute atomic E-state index is 12.0. The standard InChI is InChI=1S/C14H23N3OS/c1-3-17-7-4-12(5-8-17)10-13(18)16-11(2)14-15-6-9-19-14/h6,9,11-12H,3-5,7-8,10H2,1-2H3,(H,16,18). The molecule has 0 radical (unpaired) electrons. The van der Waals surface area contributed by atoms with Gasteiger partial charge in [0.1, 0.15) is 5.01 Å². The van der Waals surface area contributed by atoms with Crippen molar-refractivity contribution in [1.29, 1.82) is 0 Å². The summed E-state index contributed by atoms with van der Waals surface area (Å²) in [6.07, 6.45) is 4.73. The number of hydrogen-bond donors (Lipinski definition) is 1. The van der Waals surface area contributed by atoms with Gasteiger partial charge in [-0.2, -0.15) is 0 Å². The van der Waals surface area contributed by atoms with E-state index in [9.17, 15) is 4.79 Å². The first-order valence-electron chi connectivity index (χ1n) is 7.10. The van der Waals surface area contributed by atoms with Gasteiger partial charge in [-0.15, -0.1) is 11.3 Å². The summed E-state index contributed by atoms with van der Waals surface area (Å²) < 4.78 is 0. The Kier molecular flexibility index (Phi) is 5.34. The molecule has 4 nitrogen and oxygen atoms in total. The molecule has 0 saturated carbocycles. The SMILES string of the molecule is CCN1CCC(CC(=O)NC(C)c2nccs2)CC1. The van der Waals surface area contributed by atoms with Crippen molar-refractivity contribution in [3.63, 3.8) is 0 Å². The average Bonchev–Trinajstić information content (AvgIpc) is 2.93. The molecular formula is C14H23N3OS. The van der Waals surface area contributed by atoms with Gasteiger partial charge in [-0.05, 0) is 45.3 Å².